The van der Waals surface area contributed by atoms with E-state index in [9.17, 15) is 13.2 Å². The summed E-state index contributed by atoms with van der Waals surface area (Å²) in [4.78, 5) is 12.3. The van der Waals surface area contributed by atoms with Crippen molar-refractivity contribution in [3.05, 3.63) is 23.8 Å². The van der Waals surface area contributed by atoms with Gasteiger partial charge in [0.2, 0.25) is 15.9 Å². The Morgan fingerprint density at radius 3 is 2.38 bits per heavy atom. The van der Waals surface area contributed by atoms with Gasteiger partial charge in [-0.15, -0.1) is 23.2 Å². The molecule has 1 aliphatic carbocycles. The molecule has 2 rings (SSSR count). The summed E-state index contributed by atoms with van der Waals surface area (Å²) in [6.07, 6.45) is 0.364. The van der Waals surface area contributed by atoms with Gasteiger partial charge in [0.05, 0.1) is 10.3 Å². The summed E-state index contributed by atoms with van der Waals surface area (Å²) < 4.78 is 25.0. The fourth-order valence-electron chi connectivity index (χ4n) is 1.99. The molecule has 1 unspecified atom stereocenters. The summed E-state index contributed by atoms with van der Waals surface area (Å²) in [6, 6.07) is 4.68. The number of carbonyl (C=O) groups excluding carboxylic acids is 1. The molecule has 1 aromatic carbocycles. The lowest BCUT2D eigenvalue weighted by molar-refractivity contribution is -0.120. The number of aryl methyl sites for hydroxylation is 1. The number of nitrogens with one attached hydrogen (secondary N) is 2. The summed E-state index contributed by atoms with van der Waals surface area (Å²) in [7, 11) is -2.25. The Morgan fingerprint density at radius 1 is 1.33 bits per heavy atom. The predicted molar refractivity (Wildman–Crippen MR) is 83.2 cm³/mol. The van der Waals surface area contributed by atoms with Crippen molar-refractivity contribution < 1.29 is 13.2 Å². The van der Waals surface area contributed by atoms with Crippen LogP contribution in [0.3, 0.4) is 0 Å². The molecule has 0 heterocycles. The quantitative estimate of drug-likeness (QED) is 0.818. The number of hydrogen-bond acceptors (Lipinski definition) is 3. The SMILES string of the molecule is CNS(=O)(=O)c1cc(NC(=O)C2(C)CC2(Cl)Cl)ccc1C. The van der Waals surface area contributed by atoms with E-state index < -0.39 is 19.8 Å². The van der Waals surface area contributed by atoms with Crippen LogP contribution in [0, 0.1) is 12.3 Å². The summed E-state index contributed by atoms with van der Waals surface area (Å²) in [6.45, 7) is 3.35. The van der Waals surface area contributed by atoms with Crippen molar-refractivity contribution in [2.75, 3.05) is 12.4 Å². The van der Waals surface area contributed by atoms with Gasteiger partial charge in [-0.25, -0.2) is 13.1 Å². The zero-order chi connectivity index (χ0) is 16.1. The van der Waals surface area contributed by atoms with Crippen molar-refractivity contribution in [3.8, 4) is 0 Å². The van der Waals surface area contributed by atoms with Gasteiger partial charge in [-0.3, -0.25) is 4.79 Å². The minimum atomic E-state index is -3.58. The van der Waals surface area contributed by atoms with E-state index >= 15 is 0 Å². The number of hydrogen-bond donors (Lipinski definition) is 2. The van der Waals surface area contributed by atoms with E-state index in [0.717, 1.165) is 0 Å². The lowest BCUT2D eigenvalue weighted by Crippen LogP contribution is -2.26. The maximum absolute atomic E-state index is 12.2. The molecule has 21 heavy (non-hydrogen) atoms. The zero-order valence-electron chi connectivity index (χ0n) is 11.8. The molecule has 8 heteroatoms. The lowest BCUT2D eigenvalue weighted by atomic mass is 10.1. The molecule has 1 aromatic rings. The highest BCUT2D eigenvalue weighted by Crippen LogP contribution is 2.64. The normalized spacial score (nSPS) is 23.7. The third kappa shape index (κ3) is 2.90. The second-order valence-electron chi connectivity index (χ2n) is 5.36. The van der Waals surface area contributed by atoms with Gasteiger partial charge in [-0.05, 0) is 45.0 Å². The Hall–Kier alpha value is -0.820. The summed E-state index contributed by atoms with van der Waals surface area (Å²) in [5.41, 5.74) is 0.115. The first-order valence-electron chi connectivity index (χ1n) is 6.27. The van der Waals surface area contributed by atoms with Crippen molar-refractivity contribution in [3.63, 3.8) is 0 Å². The Balaban J connectivity index is 2.28. The van der Waals surface area contributed by atoms with Crippen LogP contribution < -0.4 is 10.0 Å². The molecule has 0 bridgehead atoms. The minimum absolute atomic E-state index is 0.117. The standard InChI is InChI=1S/C13H16Cl2N2O3S/c1-8-4-5-9(6-10(8)21(19,20)16-3)17-11(18)12(2)7-13(12,14)15/h4-6,16H,7H2,1-3H3,(H,17,18). The van der Waals surface area contributed by atoms with E-state index in [1.807, 2.05) is 0 Å². The van der Waals surface area contributed by atoms with E-state index in [0.29, 0.717) is 17.7 Å². The Kier molecular flexibility index (Phi) is 4.04. The third-order valence-corrected chi connectivity index (χ3v) is 6.42. The molecular weight excluding hydrogens is 335 g/mol. The molecule has 116 valence electrons. The highest BCUT2D eigenvalue weighted by molar-refractivity contribution is 7.89. The molecule has 0 spiro atoms. The van der Waals surface area contributed by atoms with E-state index in [1.165, 1.54) is 13.1 Å². The van der Waals surface area contributed by atoms with E-state index in [1.54, 1.807) is 26.0 Å². The number of amides is 1. The van der Waals surface area contributed by atoms with Crippen LogP contribution in [0.2, 0.25) is 0 Å². The molecular formula is C13H16Cl2N2O3S. The third-order valence-electron chi connectivity index (χ3n) is 3.76. The van der Waals surface area contributed by atoms with E-state index in [-0.39, 0.29) is 10.8 Å². The first-order valence-corrected chi connectivity index (χ1v) is 8.51. The molecule has 2 N–H and O–H groups in total. The molecule has 1 saturated carbocycles. The number of halogens is 2. The highest BCUT2D eigenvalue weighted by atomic mass is 35.5. The van der Waals surface area contributed by atoms with Gasteiger partial charge in [0.25, 0.3) is 0 Å². The minimum Gasteiger partial charge on any atom is -0.325 e. The van der Waals surface area contributed by atoms with Crippen molar-refractivity contribution >= 4 is 44.8 Å². The van der Waals surface area contributed by atoms with Crippen molar-refractivity contribution in [1.82, 2.24) is 4.72 Å². The zero-order valence-corrected chi connectivity index (χ0v) is 14.2. The van der Waals surface area contributed by atoms with Gasteiger partial charge in [0, 0.05) is 5.69 Å². The van der Waals surface area contributed by atoms with E-state index in [4.69, 9.17) is 23.2 Å². The molecule has 5 nitrogen and oxygen atoms in total. The van der Waals surface area contributed by atoms with Crippen LogP contribution in [0.25, 0.3) is 0 Å². The molecule has 0 radical (unpaired) electrons. The number of rotatable bonds is 4. The molecule has 0 aromatic heterocycles. The monoisotopic (exact) mass is 350 g/mol. The predicted octanol–water partition coefficient (Wildman–Crippen LogP) is 2.43. The maximum atomic E-state index is 12.2. The van der Waals surface area contributed by atoms with Gasteiger partial charge < -0.3 is 5.32 Å². The highest BCUT2D eigenvalue weighted by Gasteiger charge is 2.67. The Bertz CT molecular complexity index is 703. The summed E-state index contributed by atoms with van der Waals surface area (Å²) >= 11 is 11.9. The topological polar surface area (TPSA) is 75.3 Å². The lowest BCUT2D eigenvalue weighted by Gasteiger charge is -2.14. The van der Waals surface area contributed by atoms with Gasteiger partial charge in [0.1, 0.15) is 4.33 Å². The van der Waals surface area contributed by atoms with Gasteiger partial charge in [0.15, 0.2) is 0 Å². The fourth-order valence-corrected chi connectivity index (χ4v) is 3.69. The number of benzene rings is 1. The van der Waals surface area contributed by atoms with Gasteiger partial charge in [-0.2, -0.15) is 0 Å². The van der Waals surface area contributed by atoms with Crippen LogP contribution in [-0.4, -0.2) is 25.7 Å². The molecule has 1 amide bonds. The van der Waals surface area contributed by atoms with Gasteiger partial charge in [-0.1, -0.05) is 6.07 Å². The van der Waals surface area contributed by atoms with Crippen LogP contribution in [0.4, 0.5) is 5.69 Å². The van der Waals surface area contributed by atoms with E-state index in [2.05, 4.69) is 10.0 Å². The maximum Gasteiger partial charge on any atom is 0.240 e. The summed E-state index contributed by atoms with van der Waals surface area (Å²) in [5, 5.41) is 2.66. The average Bonchev–Trinajstić information content (AvgIpc) is 2.92. The van der Waals surface area contributed by atoms with Crippen LogP contribution in [-0.2, 0) is 14.8 Å². The first-order chi connectivity index (χ1) is 9.53. The Labute approximate surface area is 134 Å². The average molecular weight is 351 g/mol. The van der Waals surface area contributed by atoms with Crippen molar-refractivity contribution in [1.29, 1.82) is 0 Å². The number of alkyl halides is 2. The van der Waals surface area contributed by atoms with Crippen LogP contribution in [0.1, 0.15) is 18.9 Å². The number of carbonyl (C=O) groups is 1. The molecule has 1 aliphatic rings. The number of anilines is 1. The second-order valence-corrected chi connectivity index (χ2v) is 8.69. The van der Waals surface area contributed by atoms with Crippen molar-refractivity contribution in [2.45, 2.75) is 29.5 Å². The van der Waals surface area contributed by atoms with Crippen molar-refractivity contribution in [2.24, 2.45) is 5.41 Å². The van der Waals surface area contributed by atoms with Crippen LogP contribution in [0.5, 0.6) is 0 Å². The molecule has 0 aliphatic heterocycles. The summed E-state index contributed by atoms with van der Waals surface area (Å²) in [5.74, 6) is -0.329. The molecule has 1 atom stereocenters. The Morgan fingerprint density at radius 2 is 1.90 bits per heavy atom. The first kappa shape index (κ1) is 16.5. The fraction of sp³-hybridized carbons (Fsp3) is 0.462. The van der Waals surface area contributed by atoms with Crippen LogP contribution >= 0.6 is 23.2 Å². The van der Waals surface area contributed by atoms with Crippen LogP contribution in [0.15, 0.2) is 23.1 Å². The number of sulfonamides is 1. The molecule has 0 saturated heterocycles. The second kappa shape index (κ2) is 5.12. The molecule has 1 fully saturated rings. The van der Waals surface area contributed by atoms with Gasteiger partial charge >= 0.3 is 0 Å². The smallest absolute Gasteiger partial charge is 0.240 e. The largest absolute Gasteiger partial charge is 0.325 e.